The molecule has 0 radical (unpaired) electrons. The third-order valence-electron chi connectivity index (χ3n) is 2.57. The SMILES string of the molecule is COC1(CCCN(C)C)CNC1. The van der Waals surface area contributed by atoms with E-state index in [0.29, 0.717) is 0 Å². The van der Waals surface area contributed by atoms with Crippen LogP contribution in [0.3, 0.4) is 0 Å². The van der Waals surface area contributed by atoms with Crippen molar-refractivity contribution in [3.63, 3.8) is 0 Å². The third kappa shape index (κ3) is 2.44. The van der Waals surface area contributed by atoms with E-state index in [9.17, 15) is 0 Å². The van der Waals surface area contributed by atoms with Crippen LogP contribution in [0.4, 0.5) is 0 Å². The second kappa shape index (κ2) is 4.21. The maximum absolute atomic E-state index is 5.47. The van der Waals surface area contributed by atoms with Gasteiger partial charge in [0.05, 0.1) is 5.60 Å². The Hall–Kier alpha value is -0.120. The average Bonchev–Trinajstić information content (AvgIpc) is 1.94. The van der Waals surface area contributed by atoms with Crippen molar-refractivity contribution in [2.75, 3.05) is 40.8 Å². The molecule has 0 atom stereocenters. The van der Waals surface area contributed by atoms with Crippen LogP contribution in [0.25, 0.3) is 0 Å². The molecule has 1 heterocycles. The highest BCUT2D eigenvalue weighted by Gasteiger charge is 2.35. The summed E-state index contributed by atoms with van der Waals surface area (Å²) in [5.41, 5.74) is 0.163. The minimum atomic E-state index is 0.163. The number of hydrogen-bond acceptors (Lipinski definition) is 3. The second-order valence-electron chi connectivity index (χ2n) is 3.90. The van der Waals surface area contributed by atoms with Crippen molar-refractivity contribution in [3.05, 3.63) is 0 Å². The maximum atomic E-state index is 5.47. The zero-order valence-electron chi connectivity index (χ0n) is 8.39. The quantitative estimate of drug-likeness (QED) is 0.646. The van der Waals surface area contributed by atoms with Gasteiger partial charge < -0.3 is 15.0 Å². The first-order valence-corrected chi connectivity index (χ1v) is 4.59. The second-order valence-corrected chi connectivity index (χ2v) is 3.90. The topological polar surface area (TPSA) is 24.5 Å². The smallest absolute Gasteiger partial charge is 0.0926 e. The molecule has 0 amide bonds. The van der Waals surface area contributed by atoms with E-state index in [1.54, 1.807) is 0 Å². The molecule has 1 N–H and O–H groups in total. The predicted molar refractivity (Wildman–Crippen MR) is 50.4 cm³/mol. The van der Waals surface area contributed by atoms with Crippen LogP contribution in [-0.2, 0) is 4.74 Å². The zero-order chi connectivity index (χ0) is 9.03. The van der Waals surface area contributed by atoms with E-state index in [1.165, 1.54) is 12.8 Å². The monoisotopic (exact) mass is 172 g/mol. The summed E-state index contributed by atoms with van der Waals surface area (Å²) in [6, 6.07) is 0. The van der Waals surface area contributed by atoms with Gasteiger partial charge in [-0.05, 0) is 33.5 Å². The molecule has 0 aromatic carbocycles. The van der Waals surface area contributed by atoms with Crippen LogP contribution in [-0.4, -0.2) is 51.3 Å². The van der Waals surface area contributed by atoms with Crippen molar-refractivity contribution in [1.82, 2.24) is 10.2 Å². The van der Waals surface area contributed by atoms with Crippen molar-refractivity contribution in [1.29, 1.82) is 0 Å². The first-order chi connectivity index (χ1) is 5.68. The van der Waals surface area contributed by atoms with Gasteiger partial charge in [-0.2, -0.15) is 0 Å². The van der Waals surface area contributed by atoms with Crippen molar-refractivity contribution in [3.8, 4) is 0 Å². The van der Waals surface area contributed by atoms with Crippen LogP contribution >= 0.6 is 0 Å². The Bertz CT molecular complexity index is 127. The highest BCUT2D eigenvalue weighted by molar-refractivity contribution is 4.94. The molecule has 1 saturated heterocycles. The van der Waals surface area contributed by atoms with Crippen LogP contribution in [0.2, 0.25) is 0 Å². The molecule has 3 heteroatoms. The Morgan fingerprint density at radius 1 is 1.42 bits per heavy atom. The molecule has 0 aromatic heterocycles. The fourth-order valence-electron chi connectivity index (χ4n) is 1.54. The first kappa shape index (κ1) is 9.96. The number of nitrogens with one attached hydrogen (secondary N) is 1. The summed E-state index contributed by atoms with van der Waals surface area (Å²) in [5, 5.41) is 3.25. The molecule has 0 unspecified atom stereocenters. The van der Waals surface area contributed by atoms with Crippen LogP contribution in [0.15, 0.2) is 0 Å². The van der Waals surface area contributed by atoms with Crippen molar-refractivity contribution in [2.45, 2.75) is 18.4 Å². The average molecular weight is 172 g/mol. The highest BCUT2D eigenvalue weighted by atomic mass is 16.5. The summed E-state index contributed by atoms with van der Waals surface area (Å²) in [7, 11) is 6.04. The van der Waals surface area contributed by atoms with Gasteiger partial charge in [-0.15, -0.1) is 0 Å². The Morgan fingerprint density at radius 3 is 2.42 bits per heavy atom. The van der Waals surface area contributed by atoms with Gasteiger partial charge in [0.1, 0.15) is 0 Å². The lowest BCUT2D eigenvalue weighted by Gasteiger charge is -2.41. The van der Waals surface area contributed by atoms with Crippen LogP contribution < -0.4 is 5.32 Å². The summed E-state index contributed by atoms with van der Waals surface area (Å²) in [5.74, 6) is 0. The Morgan fingerprint density at radius 2 is 2.08 bits per heavy atom. The number of nitrogens with zero attached hydrogens (tertiary/aromatic N) is 1. The molecule has 0 bridgehead atoms. The summed E-state index contributed by atoms with van der Waals surface area (Å²) in [4.78, 5) is 2.22. The van der Waals surface area contributed by atoms with E-state index in [-0.39, 0.29) is 5.60 Å². The molecular weight excluding hydrogens is 152 g/mol. The van der Waals surface area contributed by atoms with Gasteiger partial charge in [-0.3, -0.25) is 0 Å². The molecular formula is C9H20N2O. The van der Waals surface area contributed by atoms with Gasteiger partial charge >= 0.3 is 0 Å². The standard InChI is InChI=1S/C9H20N2O/c1-11(2)6-4-5-9(12-3)7-10-8-9/h10H,4-8H2,1-3H3. The van der Waals surface area contributed by atoms with Crippen LogP contribution in [0.1, 0.15) is 12.8 Å². The van der Waals surface area contributed by atoms with Gasteiger partial charge in [0, 0.05) is 20.2 Å². The molecule has 1 aliphatic heterocycles. The minimum absolute atomic E-state index is 0.163. The van der Waals surface area contributed by atoms with E-state index < -0.39 is 0 Å². The number of methoxy groups -OCH3 is 1. The normalized spacial score (nSPS) is 21.0. The predicted octanol–water partition coefficient (Wildman–Crippen LogP) is 0.317. The Kier molecular flexibility index (Phi) is 3.50. The molecule has 1 fully saturated rings. The first-order valence-electron chi connectivity index (χ1n) is 4.59. The molecule has 0 spiro atoms. The summed E-state index contributed by atoms with van der Waals surface area (Å²) in [6.07, 6.45) is 2.40. The van der Waals surface area contributed by atoms with Gasteiger partial charge in [0.15, 0.2) is 0 Å². The number of ether oxygens (including phenoxy) is 1. The van der Waals surface area contributed by atoms with Crippen molar-refractivity contribution in [2.24, 2.45) is 0 Å². The summed E-state index contributed by atoms with van der Waals surface area (Å²) >= 11 is 0. The fraction of sp³-hybridized carbons (Fsp3) is 1.00. The largest absolute Gasteiger partial charge is 0.376 e. The summed E-state index contributed by atoms with van der Waals surface area (Å²) < 4.78 is 5.47. The number of rotatable bonds is 5. The van der Waals surface area contributed by atoms with Crippen molar-refractivity contribution < 1.29 is 4.74 Å². The van der Waals surface area contributed by atoms with Crippen molar-refractivity contribution >= 4 is 0 Å². The lowest BCUT2D eigenvalue weighted by molar-refractivity contribution is -0.0589. The van der Waals surface area contributed by atoms with Gasteiger partial charge in [0.2, 0.25) is 0 Å². The molecule has 1 rings (SSSR count). The van der Waals surface area contributed by atoms with E-state index in [2.05, 4.69) is 24.3 Å². The minimum Gasteiger partial charge on any atom is -0.376 e. The maximum Gasteiger partial charge on any atom is 0.0926 e. The third-order valence-corrected chi connectivity index (χ3v) is 2.57. The zero-order valence-corrected chi connectivity index (χ0v) is 8.39. The van der Waals surface area contributed by atoms with Crippen LogP contribution in [0.5, 0.6) is 0 Å². The fourth-order valence-corrected chi connectivity index (χ4v) is 1.54. The molecule has 3 nitrogen and oxygen atoms in total. The molecule has 1 aliphatic rings. The van der Waals surface area contributed by atoms with Gasteiger partial charge in [0.25, 0.3) is 0 Å². The summed E-state index contributed by atoms with van der Waals surface area (Å²) in [6.45, 7) is 3.21. The Labute approximate surface area is 75.1 Å². The van der Waals surface area contributed by atoms with Gasteiger partial charge in [-0.1, -0.05) is 0 Å². The lowest BCUT2D eigenvalue weighted by Crippen LogP contribution is -2.60. The Balaban J connectivity index is 2.12. The molecule has 0 aromatic rings. The van der Waals surface area contributed by atoms with E-state index >= 15 is 0 Å². The molecule has 12 heavy (non-hydrogen) atoms. The van der Waals surface area contributed by atoms with E-state index in [4.69, 9.17) is 4.74 Å². The van der Waals surface area contributed by atoms with Gasteiger partial charge in [-0.25, -0.2) is 0 Å². The van der Waals surface area contributed by atoms with E-state index in [1.807, 2.05) is 7.11 Å². The highest BCUT2D eigenvalue weighted by Crippen LogP contribution is 2.21. The molecule has 72 valence electrons. The molecule has 0 saturated carbocycles. The van der Waals surface area contributed by atoms with Crippen LogP contribution in [0, 0.1) is 0 Å². The molecule has 0 aliphatic carbocycles. The van der Waals surface area contributed by atoms with E-state index in [0.717, 1.165) is 19.6 Å². The number of hydrogen-bond donors (Lipinski definition) is 1. The lowest BCUT2D eigenvalue weighted by atomic mass is 9.91.